The molecule has 0 saturated carbocycles. The van der Waals surface area contributed by atoms with Crippen LogP contribution in [0.25, 0.3) is 0 Å². The molecule has 1 unspecified atom stereocenters. The summed E-state index contributed by atoms with van der Waals surface area (Å²) in [5, 5.41) is 0. The van der Waals surface area contributed by atoms with E-state index in [-0.39, 0.29) is 6.29 Å². The molecule has 0 bridgehead atoms. The Morgan fingerprint density at radius 1 is 0.677 bits per heavy atom. The molecule has 0 heterocycles. The zero-order valence-electron chi connectivity index (χ0n) is 20.6. The molecule has 0 saturated heterocycles. The zero-order chi connectivity index (χ0) is 22.8. The molecule has 0 amide bonds. The molecule has 1 aromatic carbocycles. The molecule has 0 fully saturated rings. The Kier molecular flexibility index (Phi) is 15.7. The lowest BCUT2D eigenvalue weighted by atomic mass is 10.0. The van der Waals surface area contributed by atoms with Gasteiger partial charge in [0.2, 0.25) is 0 Å². The maximum absolute atomic E-state index is 5.79. The van der Waals surface area contributed by atoms with Crippen molar-refractivity contribution < 1.29 is 23.7 Å². The van der Waals surface area contributed by atoms with Gasteiger partial charge in [-0.25, -0.2) is 0 Å². The Hall–Kier alpha value is -1.14. The average molecular weight is 439 g/mol. The summed E-state index contributed by atoms with van der Waals surface area (Å²) in [6.07, 6.45) is 10.3. The van der Waals surface area contributed by atoms with Crippen molar-refractivity contribution in [3.63, 3.8) is 0 Å². The quantitative estimate of drug-likeness (QED) is 0.164. The lowest BCUT2D eigenvalue weighted by Gasteiger charge is -2.32. The van der Waals surface area contributed by atoms with Gasteiger partial charge in [0, 0.05) is 32.8 Å². The van der Waals surface area contributed by atoms with Crippen LogP contribution in [0.4, 0.5) is 0 Å². The summed E-state index contributed by atoms with van der Waals surface area (Å²) >= 11 is 0. The minimum atomic E-state index is -0.847. The molecule has 0 N–H and O–H groups in total. The van der Waals surface area contributed by atoms with Crippen LogP contribution in [-0.4, -0.2) is 38.7 Å². The topological polar surface area (TPSA) is 46.2 Å². The molecular formula is C26H46O5. The van der Waals surface area contributed by atoms with Crippen LogP contribution >= 0.6 is 0 Å². The van der Waals surface area contributed by atoms with E-state index in [2.05, 4.69) is 12.1 Å². The van der Waals surface area contributed by atoms with Crippen molar-refractivity contribution in [3.05, 3.63) is 29.8 Å². The molecule has 31 heavy (non-hydrogen) atoms. The van der Waals surface area contributed by atoms with Crippen molar-refractivity contribution in [1.29, 1.82) is 0 Å². The first kappa shape index (κ1) is 27.9. The van der Waals surface area contributed by atoms with Crippen molar-refractivity contribution in [1.82, 2.24) is 0 Å². The number of aryl methyl sites for hydroxylation is 1. The van der Waals surface area contributed by atoms with Crippen LogP contribution in [0.1, 0.15) is 91.5 Å². The fourth-order valence-corrected chi connectivity index (χ4v) is 3.75. The second-order valence-corrected chi connectivity index (χ2v) is 7.74. The lowest BCUT2D eigenvalue weighted by molar-refractivity contribution is -0.380. The van der Waals surface area contributed by atoms with Crippen molar-refractivity contribution in [2.75, 3.05) is 26.4 Å². The highest BCUT2D eigenvalue weighted by molar-refractivity contribution is 5.27. The van der Waals surface area contributed by atoms with Gasteiger partial charge in [-0.2, -0.15) is 0 Å². The summed E-state index contributed by atoms with van der Waals surface area (Å²) in [6, 6.07) is 8.40. The predicted molar refractivity (Wildman–Crippen MR) is 126 cm³/mol. The van der Waals surface area contributed by atoms with Crippen LogP contribution in [-0.2, 0) is 25.4 Å². The van der Waals surface area contributed by atoms with Crippen LogP contribution in [0.3, 0.4) is 0 Å². The first-order valence-electron chi connectivity index (χ1n) is 12.4. The Bertz CT molecular complexity index is 514. The number of hydrogen-bond donors (Lipinski definition) is 0. The second-order valence-electron chi connectivity index (χ2n) is 7.74. The molecular weight excluding hydrogens is 392 g/mol. The van der Waals surface area contributed by atoms with E-state index in [9.17, 15) is 0 Å². The third-order valence-corrected chi connectivity index (χ3v) is 5.17. The first-order valence-corrected chi connectivity index (χ1v) is 12.4. The smallest absolute Gasteiger partial charge is 0.282 e. The van der Waals surface area contributed by atoms with Gasteiger partial charge in [-0.05, 0) is 71.6 Å². The second kappa shape index (κ2) is 17.4. The maximum Gasteiger partial charge on any atom is 0.282 e. The van der Waals surface area contributed by atoms with Crippen LogP contribution in [0.15, 0.2) is 24.3 Å². The van der Waals surface area contributed by atoms with E-state index >= 15 is 0 Å². The van der Waals surface area contributed by atoms with E-state index < -0.39 is 5.97 Å². The van der Waals surface area contributed by atoms with Crippen LogP contribution in [0.5, 0.6) is 5.75 Å². The predicted octanol–water partition coefficient (Wildman–Crippen LogP) is 6.87. The van der Waals surface area contributed by atoms with Gasteiger partial charge in [0.25, 0.3) is 5.97 Å². The van der Waals surface area contributed by atoms with E-state index in [1.165, 1.54) is 44.1 Å². The Labute approximate surface area is 190 Å². The van der Waals surface area contributed by atoms with Gasteiger partial charge in [0.05, 0.1) is 0 Å². The van der Waals surface area contributed by atoms with Crippen LogP contribution in [0.2, 0.25) is 0 Å². The summed E-state index contributed by atoms with van der Waals surface area (Å²) in [7, 11) is 0. The number of benzene rings is 1. The Morgan fingerprint density at radius 3 is 1.71 bits per heavy atom. The standard InChI is InChI=1S/C26H46O5/c1-6-27-23(5)31-25-20-18-24(19-21-25)17-15-13-11-10-12-14-16-22-26(28-7-2,29-8-3)30-9-4/h18-21,23H,6-17,22H2,1-5H3. The van der Waals surface area contributed by atoms with Gasteiger partial charge in [-0.3, -0.25) is 0 Å². The molecule has 0 spiro atoms. The fraction of sp³-hybridized carbons (Fsp3) is 0.769. The van der Waals surface area contributed by atoms with E-state index in [0.717, 1.165) is 25.0 Å². The monoisotopic (exact) mass is 438 g/mol. The summed E-state index contributed by atoms with van der Waals surface area (Å²) < 4.78 is 28.5. The SMILES string of the molecule is CCOC(C)Oc1ccc(CCCCCCCCCC(OCC)(OCC)OCC)cc1. The van der Waals surface area contributed by atoms with Crippen molar-refractivity contribution in [3.8, 4) is 5.75 Å². The maximum atomic E-state index is 5.79. The molecule has 0 aromatic heterocycles. The highest BCUT2D eigenvalue weighted by Crippen LogP contribution is 2.24. The van der Waals surface area contributed by atoms with Crippen LogP contribution < -0.4 is 4.74 Å². The number of ether oxygens (including phenoxy) is 5. The van der Waals surface area contributed by atoms with Gasteiger partial charge >= 0.3 is 0 Å². The fourth-order valence-electron chi connectivity index (χ4n) is 3.75. The molecule has 180 valence electrons. The molecule has 1 atom stereocenters. The molecule has 1 rings (SSSR count). The molecule has 0 aliphatic carbocycles. The third-order valence-electron chi connectivity index (χ3n) is 5.17. The van der Waals surface area contributed by atoms with Gasteiger partial charge in [-0.1, -0.05) is 44.2 Å². The summed E-state index contributed by atoms with van der Waals surface area (Å²) in [5.74, 6) is 0.0200. The Balaban J connectivity index is 2.13. The normalized spacial score (nSPS) is 12.8. The number of unbranched alkanes of at least 4 members (excludes halogenated alkanes) is 6. The van der Waals surface area contributed by atoms with Gasteiger partial charge in [-0.15, -0.1) is 0 Å². The number of rotatable bonds is 20. The highest BCUT2D eigenvalue weighted by Gasteiger charge is 2.31. The van der Waals surface area contributed by atoms with E-state index in [1.807, 2.05) is 46.8 Å². The number of hydrogen-bond acceptors (Lipinski definition) is 5. The molecule has 0 radical (unpaired) electrons. The Morgan fingerprint density at radius 2 is 1.19 bits per heavy atom. The lowest BCUT2D eigenvalue weighted by Crippen LogP contribution is -2.39. The highest BCUT2D eigenvalue weighted by atomic mass is 16.9. The first-order chi connectivity index (χ1) is 15.1. The molecule has 1 aromatic rings. The summed E-state index contributed by atoms with van der Waals surface area (Å²) in [5.41, 5.74) is 1.37. The third kappa shape index (κ3) is 12.5. The van der Waals surface area contributed by atoms with Gasteiger partial charge < -0.3 is 23.7 Å². The van der Waals surface area contributed by atoms with Crippen molar-refractivity contribution in [2.24, 2.45) is 0 Å². The minimum Gasteiger partial charge on any atom is -0.465 e. The molecule has 5 heteroatoms. The summed E-state index contributed by atoms with van der Waals surface area (Å²) in [6.45, 7) is 12.3. The average Bonchev–Trinajstić information content (AvgIpc) is 2.74. The van der Waals surface area contributed by atoms with Gasteiger partial charge in [0.1, 0.15) is 5.75 Å². The largest absolute Gasteiger partial charge is 0.465 e. The molecule has 0 aliphatic rings. The zero-order valence-corrected chi connectivity index (χ0v) is 20.6. The van der Waals surface area contributed by atoms with E-state index in [4.69, 9.17) is 23.7 Å². The molecule has 0 aliphatic heterocycles. The minimum absolute atomic E-state index is 0.204. The summed E-state index contributed by atoms with van der Waals surface area (Å²) in [4.78, 5) is 0. The van der Waals surface area contributed by atoms with Crippen LogP contribution in [0, 0.1) is 0 Å². The van der Waals surface area contributed by atoms with Crippen molar-refractivity contribution in [2.45, 2.75) is 105 Å². The van der Waals surface area contributed by atoms with Crippen molar-refractivity contribution >= 4 is 0 Å². The van der Waals surface area contributed by atoms with E-state index in [0.29, 0.717) is 26.4 Å². The molecule has 5 nitrogen and oxygen atoms in total. The van der Waals surface area contributed by atoms with E-state index in [1.54, 1.807) is 0 Å². The van der Waals surface area contributed by atoms with Gasteiger partial charge in [0.15, 0.2) is 6.29 Å².